The highest BCUT2D eigenvalue weighted by Gasteiger charge is 2.47. The van der Waals surface area contributed by atoms with Crippen LogP contribution in [0.1, 0.15) is 40.7 Å². The number of amides is 3. The van der Waals surface area contributed by atoms with Crippen LogP contribution in [0.15, 0.2) is 96.4 Å². The SMILES string of the molecule is CCCNC(=O)N/N=C/c1cccc(-c2cccc(C3C(=O)N(Cc4ccc(Cl)nc4)c4cccc[n+]4C3=O)c2)c1. The second-order valence-electron chi connectivity index (χ2n) is 9.49. The molecule has 2 aromatic heterocycles. The minimum atomic E-state index is -1.02. The number of pyridine rings is 2. The largest absolute Gasteiger partial charge is 0.337 e. The summed E-state index contributed by atoms with van der Waals surface area (Å²) in [5.74, 6) is -1.16. The molecular weight excluding hydrogens is 540 g/mol. The van der Waals surface area contributed by atoms with Gasteiger partial charge in [0.2, 0.25) is 0 Å². The summed E-state index contributed by atoms with van der Waals surface area (Å²) in [4.78, 5) is 45.0. The fourth-order valence-electron chi connectivity index (χ4n) is 4.62. The molecule has 0 saturated heterocycles. The molecule has 2 aromatic carbocycles. The van der Waals surface area contributed by atoms with E-state index in [0.29, 0.717) is 23.1 Å². The maximum atomic E-state index is 13.9. The fourth-order valence-corrected chi connectivity index (χ4v) is 4.73. The highest BCUT2D eigenvalue weighted by atomic mass is 35.5. The first kappa shape index (κ1) is 27.7. The standard InChI is InChI=1S/C31H27ClN6O3/c1-2-14-33-31(41)36-35-19-21-7-5-8-23(16-21)24-9-6-10-25(17-24)28-29(39)37-15-4-3-11-27(37)38(30(28)40)20-22-12-13-26(32)34-18-22/h3-13,15-19,28H,2,14,20H2,1H3,(H-,33,36,41)/p+1/b35-19+. The molecule has 3 amide bonds. The predicted octanol–water partition coefficient (Wildman–Crippen LogP) is 4.70. The van der Waals surface area contributed by atoms with E-state index in [1.165, 1.54) is 4.57 Å². The molecule has 0 radical (unpaired) electrons. The Morgan fingerprint density at radius 2 is 1.85 bits per heavy atom. The summed E-state index contributed by atoms with van der Waals surface area (Å²) in [5.41, 5.74) is 6.31. The molecule has 206 valence electrons. The van der Waals surface area contributed by atoms with E-state index >= 15 is 0 Å². The third kappa shape index (κ3) is 6.31. The topological polar surface area (TPSA) is 108 Å². The number of hydrogen-bond acceptors (Lipinski definition) is 5. The van der Waals surface area contributed by atoms with E-state index < -0.39 is 5.92 Å². The van der Waals surface area contributed by atoms with Crippen LogP contribution in [-0.4, -0.2) is 35.6 Å². The van der Waals surface area contributed by atoms with E-state index in [1.54, 1.807) is 53.8 Å². The number of hydrazone groups is 1. The van der Waals surface area contributed by atoms with Crippen LogP contribution in [0.4, 0.5) is 10.6 Å². The zero-order chi connectivity index (χ0) is 28.8. The maximum absolute atomic E-state index is 13.9. The average molecular weight is 568 g/mol. The Bertz CT molecular complexity index is 1620. The molecule has 1 unspecified atom stereocenters. The van der Waals surface area contributed by atoms with E-state index in [0.717, 1.165) is 28.7 Å². The number of nitrogens with zero attached hydrogens (tertiary/aromatic N) is 4. The Hall–Kier alpha value is -4.89. The van der Waals surface area contributed by atoms with Gasteiger partial charge in [0.05, 0.1) is 12.4 Å². The van der Waals surface area contributed by atoms with Gasteiger partial charge in [-0.05, 0) is 52.9 Å². The second-order valence-corrected chi connectivity index (χ2v) is 9.88. The normalized spacial score (nSPS) is 14.7. The number of urea groups is 1. The molecule has 1 aliphatic rings. The number of anilines is 1. The first-order valence-corrected chi connectivity index (χ1v) is 13.6. The van der Waals surface area contributed by atoms with Gasteiger partial charge in [-0.2, -0.15) is 14.6 Å². The highest BCUT2D eigenvalue weighted by molar-refractivity contribution is 6.29. The van der Waals surface area contributed by atoms with E-state index in [9.17, 15) is 14.4 Å². The van der Waals surface area contributed by atoms with Crippen LogP contribution in [0.3, 0.4) is 0 Å². The average Bonchev–Trinajstić information content (AvgIpc) is 2.99. The fraction of sp³-hybridized carbons (Fsp3) is 0.161. The van der Waals surface area contributed by atoms with Crippen molar-refractivity contribution in [1.82, 2.24) is 15.7 Å². The Morgan fingerprint density at radius 1 is 1.05 bits per heavy atom. The molecule has 9 nitrogen and oxygen atoms in total. The van der Waals surface area contributed by atoms with E-state index in [2.05, 4.69) is 20.8 Å². The Labute approximate surface area is 242 Å². The minimum Gasteiger partial charge on any atom is -0.337 e. The smallest absolute Gasteiger partial charge is 0.335 e. The Morgan fingerprint density at radius 3 is 2.63 bits per heavy atom. The van der Waals surface area contributed by atoms with E-state index in [-0.39, 0.29) is 24.4 Å². The van der Waals surface area contributed by atoms with Gasteiger partial charge in [0.25, 0.3) is 5.82 Å². The van der Waals surface area contributed by atoms with Crippen LogP contribution in [0, 0.1) is 0 Å². The summed E-state index contributed by atoms with van der Waals surface area (Å²) < 4.78 is 1.52. The summed E-state index contributed by atoms with van der Waals surface area (Å²) >= 11 is 5.95. The third-order valence-corrected chi connectivity index (χ3v) is 6.82. The summed E-state index contributed by atoms with van der Waals surface area (Å²) in [6.07, 6.45) is 5.69. The molecule has 4 aromatic rings. The van der Waals surface area contributed by atoms with Gasteiger partial charge in [-0.1, -0.05) is 67.1 Å². The number of hydrogen-bond donors (Lipinski definition) is 2. The number of halogens is 1. The molecule has 0 aliphatic carbocycles. The lowest BCUT2D eigenvalue weighted by atomic mass is 9.91. The van der Waals surface area contributed by atoms with E-state index in [1.807, 2.05) is 55.5 Å². The van der Waals surface area contributed by atoms with Gasteiger partial charge < -0.3 is 5.32 Å². The highest BCUT2D eigenvalue weighted by Crippen LogP contribution is 2.31. The first-order chi connectivity index (χ1) is 19.9. The van der Waals surface area contributed by atoms with Crippen LogP contribution >= 0.6 is 11.6 Å². The molecule has 5 rings (SSSR count). The molecular formula is C31H28ClN6O3+. The van der Waals surface area contributed by atoms with Gasteiger partial charge in [0.15, 0.2) is 5.92 Å². The number of carbonyl (C=O) groups excluding carboxylic acids is 3. The molecule has 3 heterocycles. The van der Waals surface area contributed by atoms with Gasteiger partial charge in [-0.3, -0.25) is 0 Å². The number of nitrogens with one attached hydrogen (secondary N) is 2. The molecule has 0 saturated carbocycles. The van der Waals surface area contributed by atoms with Gasteiger partial charge in [0, 0.05) is 24.4 Å². The van der Waals surface area contributed by atoms with Crippen molar-refractivity contribution < 1.29 is 19.0 Å². The summed E-state index contributed by atoms with van der Waals surface area (Å²) in [5, 5.41) is 7.07. The summed E-state index contributed by atoms with van der Waals surface area (Å²) in [6.45, 7) is 2.78. The number of aromatic nitrogens is 2. The van der Waals surface area contributed by atoms with Crippen molar-refractivity contribution in [3.63, 3.8) is 0 Å². The molecule has 1 aliphatic heterocycles. The molecule has 0 fully saturated rings. The zero-order valence-electron chi connectivity index (χ0n) is 22.3. The maximum Gasteiger partial charge on any atom is 0.335 e. The van der Waals surface area contributed by atoms with Crippen LogP contribution < -0.4 is 20.2 Å². The van der Waals surface area contributed by atoms with Crippen LogP contribution in [-0.2, 0) is 11.3 Å². The predicted molar refractivity (Wildman–Crippen MR) is 157 cm³/mol. The van der Waals surface area contributed by atoms with Gasteiger partial charge >= 0.3 is 17.8 Å². The molecule has 1 atom stereocenters. The second kappa shape index (κ2) is 12.5. The first-order valence-electron chi connectivity index (χ1n) is 13.2. The van der Waals surface area contributed by atoms with Crippen molar-refractivity contribution in [2.24, 2.45) is 5.10 Å². The molecule has 0 bridgehead atoms. The number of rotatable bonds is 8. The lowest BCUT2D eigenvalue weighted by Gasteiger charge is -2.26. The van der Waals surface area contributed by atoms with E-state index in [4.69, 9.17) is 11.6 Å². The van der Waals surface area contributed by atoms with Crippen LogP contribution in [0.2, 0.25) is 5.15 Å². The lowest BCUT2D eigenvalue weighted by Crippen LogP contribution is -2.59. The third-order valence-electron chi connectivity index (χ3n) is 6.60. The molecule has 41 heavy (non-hydrogen) atoms. The monoisotopic (exact) mass is 567 g/mol. The quantitative estimate of drug-likeness (QED) is 0.106. The van der Waals surface area contributed by atoms with Crippen molar-refractivity contribution in [3.8, 4) is 11.1 Å². The molecule has 2 N–H and O–H groups in total. The zero-order valence-corrected chi connectivity index (χ0v) is 23.1. The van der Waals surface area contributed by atoms with Gasteiger partial charge in [-0.25, -0.2) is 24.8 Å². The van der Waals surface area contributed by atoms with Crippen molar-refractivity contribution in [1.29, 1.82) is 0 Å². The molecule has 0 spiro atoms. The number of benzene rings is 2. The van der Waals surface area contributed by atoms with Crippen molar-refractivity contribution in [2.75, 3.05) is 11.4 Å². The van der Waals surface area contributed by atoms with Crippen LogP contribution in [0.5, 0.6) is 0 Å². The van der Waals surface area contributed by atoms with Gasteiger partial charge in [0.1, 0.15) is 11.7 Å². The minimum absolute atomic E-state index is 0.238. The van der Waals surface area contributed by atoms with Crippen LogP contribution in [0.25, 0.3) is 11.1 Å². The van der Waals surface area contributed by atoms with Gasteiger partial charge in [-0.15, -0.1) is 0 Å². The summed E-state index contributed by atoms with van der Waals surface area (Å²) in [6, 6.07) is 23.5. The summed E-state index contributed by atoms with van der Waals surface area (Å²) in [7, 11) is 0. The lowest BCUT2D eigenvalue weighted by molar-refractivity contribution is -0.563. The van der Waals surface area contributed by atoms with Crippen molar-refractivity contribution >= 4 is 41.5 Å². The number of fused-ring (bicyclic) bond motifs is 1. The van der Waals surface area contributed by atoms with Crippen molar-refractivity contribution in [2.45, 2.75) is 25.8 Å². The number of carbonyl (C=O) groups is 3. The Kier molecular flexibility index (Phi) is 8.45. The molecule has 10 heteroatoms. The Balaban J connectivity index is 1.42. The van der Waals surface area contributed by atoms with Crippen molar-refractivity contribution in [3.05, 3.63) is 113 Å².